The maximum absolute atomic E-state index is 13.1. The third-order valence-corrected chi connectivity index (χ3v) is 6.59. The summed E-state index contributed by atoms with van der Waals surface area (Å²) in [6.07, 6.45) is 0. The van der Waals surface area contributed by atoms with E-state index in [4.69, 9.17) is 4.52 Å². The van der Waals surface area contributed by atoms with Crippen LogP contribution in [0.25, 0.3) is 34.0 Å². The molecule has 42 heavy (non-hydrogen) atoms. The van der Waals surface area contributed by atoms with E-state index in [1.165, 1.54) is 17.4 Å². The molecule has 0 unspecified atom stereocenters. The Morgan fingerprint density at radius 3 is 1.95 bits per heavy atom. The number of aromatic nitrogens is 2. The number of anilines is 1. The number of hydrogen-bond acceptors (Lipinski definition) is 6. The summed E-state index contributed by atoms with van der Waals surface area (Å²) in [7, 11) is 0. The number of carbonyl (C=O) groups excluding carboxylic acids is 2. The van der Waals surface area contributed by atoms with E-state index in [0.717, 1.165) is 27.8 Å². The van der Waals surface area contributed by atoms with Crippen LogP contribution in [-0.4, -0.2) is 44.5 Å². The topological polar surface area (TPSA) is 126 Å². The van der Waals surface area contributed by atoms with Gasteiger partial charge in [-0.2, -0.15) is 4.98 Å². The molecule has 0 spiro atoms. The van der Waals surface area contributed by atoms with Gasteiger partial charge in [-0.25, -0.2) is 0 Å². The van der Waals surface area contributed by atoms with Crippen LogP contribution >= 0.6 is 0 Å². The summed E-state index contributed by atoms with van der Waals surface area (Å²) in [4.78, 5) is 41.6. The first kappa shape index (κ1) is 28.0. The Balaban J connectivity index is 1.27. The van der Waals surface area contributed by atoms with Gasteiger partial charge in [-0.15, -0.1) is 0 Å². The Kier molecular flexibility index (Phi) is 8.19. The van der Waals surface area contributed by atoms with Crippen LogP contribution in [-0.2, 0) is 16.1 Å². The molecule has 5 rings (SSSR count). The first-order valence-corrected chi connectivity index (χ1v) is 13.2. The van der Waals surface area contributed by atoms with E-state index in [2.05, 4.69) is 46.6 Å². The minimum atomic E-state index is -1.12. The molecular weight excluding hydrogens is 532 g/mol. The molecule has 0 saturated carbocycles. The second-order valence-electron chi connectivity index (χ2n) is 9.88. The third kappa shape index (κ3) is 6.76. The molecule has 9 nitrogen and oxygen atoms in total. The Hall–Kier alpha value is -5.57. The highest BCUT2D eigenvalue weighted by atomic mass is 16.5. The van der Waals surface area contributed by atoms with Gasteiger partial charge in [0, 0.05) is 35.8 Å². The summed E-state index contributed by atoms with van der Waals surface area (Å²) in [5, 5.41) is 16.2. The highest BCUT2D eigenvalue weighted by molar-refractivity contribution is 5.96. The molecule has 0 atom stereocenters. The summed E-state index contributed by atoms with van der Waals surface area (Å²) in [6.45, 7) is 3.07. The molecule has 0 aliphatic heterocycles. The highest BCUT2D eigenvalue weighted by Crippen LogP contribution is 2.26. The van der Waals surface area contributed by atoms with Gasteiger partial charge in [-0.1, -0.05) is 71.4 Å². The summed E-state index contributed by atoms with van der Waals surface area (Å²) in [5.74, 6) is -0.980. The Bertz CT molecular complexity index is 1710. The van der Waals surface area contributed by atoms with Gasteiger partial charge in [0.1, 0.15) is 6.54 Å². The van der Waals surface area contributed by atoms with E-state index >= 15 is 0 Å². The van der Waals surface area contributed by atoms with Crippen molar-refractivity contribution in [2.24, 2.45) is 0 Å². The van der Waals surface area contributed by atoms with Crippen molar-refractivity contribution in [1.82, 2.24) is 15.0 Å². The second kappa shape index (κ2) is 12.3. The van der Waals surface area contributed by atoms with Crippen molar-refractivity contribution < 1.29 is 24.0 Å². The van der Waals surface area contributed by atoms with Crippen LogP contribution in [0.1, 0.15) is 28.4 Å². The average molecular weight is 561 g/mol. The number of carboxylic acid groups (broad SMARTS) is 1. The number of nitrogens with one attached hydrogen (secondary N) is 1. The van der Waals surface area contributed by atoms with Crippen molar-refractivity contribution >= 4 is 23.5 Å². The normalized spacial score (nSPS) is 10.7. The first-order valence-electron chi connectivity index (χ1n) is 13.2. The maximum Gasteiger partial charge on any atom is 0.323 e. The number of rotatable bonds is 9. The van der Waals surface area contributed by atoms with Crippen molar-refractivity contribution in [2.45, 2.75) is 20.4 Å². The lowest BCUT2D eigenvalue weighted by Gasteiger charge is -2.21. The lowest BCUT2D eigenvalue weighted by atomic mass is 10.0. The predicted molar refractivity (Wildman–Crippen MR) is 158 cm³/mol. The Morgan fingerprint density at radius 1 is 0.786 bits per heavy atom. The van der Waals surface area contributed by atoms with Crippen molar-refractivity contribution in [1.29, 1.82) is 0 Å². The predicted octanol–water partition coefficient (Wildman–Crippen LogP) is 6.06. The number of carboxylic acids is 1. The lowest BCUT2D eigenvalue weighted by molar-refractivity contribution is -0.137. The zero-order valence-electron chi connectivity index (χ0n) is 23.1. The Labute approximate surface area is 242 Å². The highest BCUT2D eigenvalue weighted by Gasteiger charge is 2.20. The van der Waals surface area contributed by atoms with Crippen LogP contribution in [0.15, 0.2) is 102 Å². The fraction of sp³-hybridized carbons (Fsp3) is 0.121. The number of hydrogen-bond donors (Lipinski definition) is 2. The molecule has 210 valence electrons. The minimum Gasteiger partial charge on any atom is -0.480 e. The number of carbonyl (C=O) groups is 3. The second-order valence-corrected chi connectivity index (χ2v) is 9.88. The molecule has 0 radical (unpaired) electrons. The van der Waals surface area contributed by atoms with Gasteiger partial charge in [-0.3, -0.25) is 14.4 Å². The van der Waals surface area contributed by atoms with Gasteiger partial charge >= 0.3 is 5.97 Å². The van der Waals surface area contributed by atoms with Gasteiger partial charge in [-0.05, 0) is 60.0 Å². The van der Waals surface area contributed by atoms with E-state index in [-0.39, 0.29) is 12.5 Å². The van der Waals surface area contributed by atoms with Crippen LogP contribution in [0.4, 0.5) is 5.69 Å². The molecule has 1 heterocycles. The van der Waals surface area contributed by atoms with Crippen LogP contribution in [0.5, 0.6) is 0 Å². The van der Waals surface area contributed by atoms with Crippen molar-refractivity contribution in [3.8, 4) is 34.0 Å². The quantitative estimate of drug-likeness (QED) is 0.224. The smallest absolute Gasteiger partial charge is 0.323 e. The van der Waals surface area contributed by atoms with Gasteiger partial charge in [0.15, 0.2) is 0 Å². The van der Waals surface area contributed by atoms with Gasteiger partial charge in [0.25, 0.3) is 11.8 Å². The van der Waals surface area contributed by atoms with E-state index in [0.29, 0.717) is 23.0 Å². The molecule has 4 aromatic carbocycles. The van der Waals surface area contributed by atoms with E-state index < -0.39 is 18.4 Å². The van der Waals surface area contributed by atoms with Crippen molar-refractivity contribution in [3.63, 3.8) is 0 Å². The molecule has 0 fully saturated rings. The van der Waals surface area contributed by atoms with Crippen LogP contribution in [0, 0.1) is 6.92 Å². The molecule has 0 aliphatic carbocycles. The minimum absolute atomic E-state index is 0.0870. The zero-order valence-corrected chi connectivity index (χ0v) is 23.1. The fourth-order valence-electron chi connectivity index (χ4n) is 4.43. The number of benzene rings is 4. The largest absolute Gasteiger partial charge is 0.480 e. The van der Waals surface area contributed by atoms with Crippen LogP contribution < -0.4 is 5.32 Å². The maximum atomic E-state index is 13.1. The van der Waals surface area contributed by atoms with Crippen LogP contribution in [0.2, 0.25) is 0 Å². The summed E-state index contributed by atoms with van der Waals surface area (Å²) < 4.78 is 5.51. The molecule has 0 aliphatic rings. The van der Waals surface area contributed by atoms with Crippen LogP contribution in [0.3, 0.4) is 0 Å². The number of aryl methyl sites for hydroxylation is 1. The van der Waals surface area contributed by atoms with Crippen molar-refractivity contribution in [2.75, 3.05) is 11.9 Å². The summed E-state index contributed by atoms with van der Waals surface area (Å²) in [5.41, 5.74) is 6.53. The molecular formula is C33H28N4O5. The molecule has 2 amide bonds. The number of aliphatic carboxylic acids is 1. The van der Waals surface area contributed by atoms with Crippen molar-refractivity contribution in [3.05, 3.63) is 114 Å². The Morgan fingerprint density at radius 2 is 1.36 bits per heavy atom. The third-order valence-electron chi connectivity index (χ3n) is 6.59. The van der Waals surface area contributed by atoms with E-state index in [1.807, 2.05) is 24.3 Å². The first-order chi connectivity index (χ1) is 20.2. The lowest BCUT2D eigenvalue weighted by Crippen LogP contribution is -2.35. The molecule has 1 aromatic heterocycles. The monoisotopic (exact) mass is 560 g/mol. The standard InChI is InChI=1S/C33H28N4O5/c1-21-3-7-24(8-4-21)25-11-13-27(14-12-25)32-35-31(36-42-32)26-9-5-23(6-10-26)19-37(20-30(39)40)33(41)28-15-17-29(18-16-28)34-22(2)38/h3-18H,19-20H2,1-2H3,(H,34,38)(H,39,40). The van der Waals surface area contributed by atoms with Gasteiger partial charge < -0.3 is 19.8 Å². The summed E-state index contributed by atoms with van der Waals surface area (Å²) in [6, 6.07) is 29.7. The number of amides is 2. The van der Waals surface area contributed by atoms with E-state index in [1.54, 1.807) is 48.5 Å². The fourth-order valence-corrected chi connectivity index (χ4v) is 4.43. The molecule has 0 bridgehead atoms. The average Bonchev–Trinajstić information content (AvgIpc) is 3.48. The molecule has 5 aromatic rings. The van der Waals surface area contributed by atoms with Gasteiger partial charge in [0.2, 0.25) is 11.7 Å². The SMILES string of the molecule is CC(=O)Nc1ccc(C(=O)N(CC(=O)O)Cc2ccc(-c3noc(-c4ccc(-c5ccc(C)cc5)cc4)n3)cc2)cc1. The zero-order chi connectivity index (χ0) is 29.6. The summed E-state index contributed by atoms with van der Waals surface area (Å²) >= 11 is 0. The number of nitrogens with zero attached hydrogens (tertiary/aromatic N) is 3. The van der Waals surface area contributed by atoms with Gasteiger partial charge in [0.05, 0.1) is 0 Å². The molecule has 9 heteroatoms. The molecule has 0 saturated heterocycles. The van der Waals surface area contributed by atoms with E-state index in [9.17, 15) is 19.5 Å². The molecule has 2 N–H and O–H groups in total.